The summed E-state index contributed by atoms with van der Waals surface area (Å²) in [6.45, 7) is 5.82. The third-order valence-corrected chi connectivity index (χ3v) is 6.90. The van der Waals surface area contributed by atoms with E-state index >= 15 is 0 Å². The zero-order valence-corrected chi connectivity index (χ0v) is 20.9. The van der Waals surface area contributed by atoms with Crippen molar-refractivity contribution in [2.45, 2.75) is 32.7 Å². The minimum Gasteiger partial charge on any atom is -0.495 e. The Morgan fingerprint density at radius 2 is 1.89 bits per heavy atom. The molecule has 1 saturated heterocycles. The lowest BCUT2D eigenvalue weighted by molar-refractivity contribution is -0.117. The van der Waals surface area contributed by atoms with Crippen LogP contribution in [0.15, 0.2) is 60.7 Å². The highest BCUT2D eigenvalue weighted by atomic mass is 35.5. The SMILES string of the molecule is COc1ccc(Cl)cc1N1C[C@H](c2nc3ccccc3n2CCOc2ccc(C)c(C)c2)CC1=O. The lowest BCUT2D eigenvalue weighted by Crippen LogP contribution is -2.25. The van der Waals surface area contributed by atoms with Crippen LogP contribution in [-0.4, -0.2) is 35.7 Å². The molecule has 1 amide bonds. The van der Waals surface area contributed by atoms with Crippen LogP contribution in [0.4, 0.5) is 5.69 Å². The van der Waals surface area contributed by atoms with Crippen LogP contribution in [0.2, 0.25) is 5.02 Å². The quantitative estimate of drug-likeness (QED) is 0.323. The number of carbonyl (C=O) groups excluding carboxylic acids is 1. The van der Waals surface area contributed by atoms with Gasteiger partial charge in [0.15, 0.2) is 0 Å². The minimum absolute atomic E-state index is 0.0283. The van der Waals surface area contributed by atoms with Gasteiger partial charge in [0.05, 0.1) is 30.4 Å². The Hall–Kier alpha value is -3.51. The highest BCUT2D eigenvalue weighted by Crippen LogP contribution is 2.38. The molecule has 3 aromatic carbocycles. The summed E-state index contributed by atoms with van der Waals surface area (Å²) in [7, 11) is 1.60. The van der Waals surface area contributed by atoms with E-state index in [-0.39, 0.29) is 11.8 Å². The van der Waals surface area contributed by atoms with Gasteiger partial charge in [0, 0.05) is 23.9 Å². The van der Waals surface area contributed by atoms with Crippen molar-refractivity contribution >= 4 is 34.2 Å². The monoisotopic (exact) mass is 489 g/mol. The number of aryl methyl sites for hydroxylation is 2. The van der Waals surface area contributed by atoms with Crippen molar-refractivity contribution in [3.05, 3.63) is 82.6 Å². The smallest absolute Gasteiger partial charge is 0.227 e. The van der Waals surface area contributed by atoms with Crippen molar-refractivity contribution in [2.24, 2.45) is 0 Å². The van der Waals surface area contributed by atoms with E-state index < -0.39 is 0 Å². The number of nitrogens with zero attached hydrogens (tertiary/aromatic N) is 3. The summed E-state index contributed by atoms with van der Waals surface area (Å²) in [5.41, 5.74) is 5.09. The third-order valence-electron chi connectivity index (χ3n) is 6.67. The lowest BCUT2D eigenvalue weighted by Gasteiger charge is -2.20. The molecule has 1 aliphatic rings. The predicted octanol–water partition coefficient (Wildman–Crippen LogP) is 5.91. The van der Waals surface area contributed by atoms with E-state index in [2.05, 4.69) is 36.6 Å². The molecule has 0 spiro atoms. The number of rotatable bonds is 7. The van der Waals surface area contributed by atoms with Gasteiger partial charge in [-0.05, 0) is 67.4 Å². The van der Waals surface area contributed by atoms with Gasteiger partial charge in [-0.25, -0.2) is 4.98 Å². The van der Waals surface area contributed by atoms with Crippen molar-refractivity contribution in [2.75, 3.05) is 25.2 Å². The number of amides is 1. The van der Waals surface area contributed by atoms with E-state index in [4.69, 9.17) is 26.1 Å². The number of para-hydroxylation sites is 2. The fraction of sp³-hybridized carbons (Fsp3) is 0.286. The number of aromatic nitrogens is 2. The number of fused-ring (bicyclic) bond motifs is 1. The average Bonchev–Trinajstić information content (AvgIpc) is 3.42. The predicted molar refractivity (Wildman–Crippen MR) is 139 cm³/mol. The fourth-order valence-electron chi connectivity index (χ4n) is 4.69. The molecule has 180 valence electrons. The number of halogens is 1. The van der Waals surface area contributed by atoms with E-state index in [1.165, 1.54) is 11.1 Å². The van der Waals surface area contributed by atoms with Gasteiger partial charge in [0.25, 0.3) is 0 Å². The molecule has 7 heteroatoms. The highest BCUT2D eigenvalue weighted by molar-refractivity contribution is 6.31. The maximum absolute atomic E-state index is 13.1. The maximum atomic E-state index is 13.1. The van der Waals surface area contributed by atoms with E-state index in [1.54, 1.807) is 30.2 Å². The zero-order valence-electron chi connectivity index (χ0n) is 20.1. The molecular weight excluding hydrogens is 462 g/mol. The molecule has 1 atom stereocenters. The van der Waals surface area contributed by atoms with Crippen LogP contribution in [0.5, 0.6) is 11.5 Å². The Kier molecular flexibility index (Phi) is 6.39. The number of hydrogen-bond donors (Lipinski definition) is 0. The molecule has 1 aromatic heterocycles. The maximum Gasteiger partial charge on any atom is 0.227 e. The van der Waals surface area contributed by atoms with Crippen molar-refractivity contribution < 1.29 is 14.3 Å². The number of methoxy groups -OCH3 is 1. The highest BCUT2D eigenvalue weighted by Gasteiger charge is 2.36. The molecule has 0 saturated carbocycles. The number of imidazole rings is 1. The van der Waals surface area contributed by atoms with Crippen LogP contribution >= 0.6 is 11.6 Å². The second-order valence-corrected chi connectivity index (χ2v) is 9.36. The summed E-state index contributed by atoms with van der Waals surface area (Å²) in [5, 5.41) is 0.563. The van der Waals surface area contributed by atoms with Gasteiger partial charge in [-0.15, -0.1) is 0 Å². The summed E-state index contributed by atoms with van der Waals surface area (Å²) < 4.78 is 13.8. The summed E-state index contributed by atoms with van der Waals surface area (Å²) >= 11 is 6.23. The fourth-order valence-corrected chi connectivity index (χ4v) is 4.85. The number of ether oxygens (including phenoxy) is 2. The number of anilines is 1. The van der Waals surface area contributed by atoms with Crippen LogP contribution in [0, 0.1) is 13.8 Å². The van der Waals surface area contributed by atoms with Gasteiger partial charge < -0.3 is 18.9 Å². The van der Waals surface area contributed by atoms with Crippen molar-refractivity contribution in [3.8, 4) is 11.5 Å². The summed E-state index contributed by atoms with van der Waals surface area (Å²) in [4.78, 5) is 19.8. The van der Waals surface area contributed by atoms with E-state index in [9.17, 15) is 4.79 Å². The van der Waals surface area contributed by atoms with Gasteiger partial charge in [-0.2, -0.15) is 0 Å². The van der Waals surface area contributed by atoms with Gasteiger partial charge in [0.2, 0.25) is 5.91 Å². The van der Waals surface area contributed by atoms with E-state index in [0.29, 0.717) is 42.6 Å². The molecule has 35 heavy (non-hydrogen) atoms. The molecule has 0 bridgehead atoms. The molecule has 0 aliphatic carbocycles. The molecule has 6 nitrogen and oxygen atoms in total. The van der Waals surface area contributed by atoms with Gasteiger partial charge >= 0.3 is 0 Å². The first-order valence-electron chi connectivity index (χ1n) is 11.7. The third kappa shape index (κ3) is 4.58. The normalized spacial score (nSPS) is 15.7. The summed E-state index contributed by atoms with van der Waals surface area (Å²) in [5.74, 6) is 2.35. The molecule has 0 radical (unpaired) electrons. The van der Waals surface area contributed by atoms with Gasteiger partial charge in [-0.3, -0.25) is 4.79 Å². The van der Waals surface area contributed by atoms with Gasteiger partial charge in [0.1, 0.15) is 23.9 Å². The van der Waals surface area contributed by atoms with Crippen LogP contribution in [0.1, 0.15) is 29.3 Å². The summed E-state index contributed by atoms with van der Waals surface area (Å²) in [6.07, 6.45) is 0.372. The molecule has 0 unspecified atom stereocenters. The lowest BCUT2D eigenvalue weighted by atomic mass is 10.1. The Morgan fingerprint density at radius 3 is 2.69 bits per heavy atom. The average molecular weight is 490 g/mol. The second-order valence-electron chi connectivity index (χ2n) is 8.93. The Bertz CT molecular complexity index is 1400. The molecular formula is C28H28ClN3O3. The summed E-state index contributed by atoms with van der Waals surface area (Å²) in [6, 6.07) is 19.5. The van der Waals surface area contributed by atoms with Crippen molar-refractivity contribution in [3.63, 3.8) is 0 Å². The molecule has 5 rings (SSSR count). The van der Waals surface area contributed by atoms with Crippen LogP contribution < -0.4 is 14.4 Å². The van der Waals surface area contributed by atoms with Crippen molar-refractivity contribution in [1.82, 2.24) is 9.55 Å². The molecule has 1 aliphatic heterocycles. The largest absolute Gasteiger partial charge is 0.495 e. The van der Waals surface area contributed by atoms with E-state index in [0.717, 1.165) is 22.6 Å². The Labute approximate surface area is 210 Å². The van der Waals surface area contributed by atoms with Crippen molar-refractivity contribution in [1.29, 1.82) is 0 Å². The first kappa shape index (κ1) is 23.2. The van der Waals surface area contributed by atoms with Gasteiger partial charge in [-0.1, -0.05) is 29.8 Å². The zero-order chi connectivity index (χ0) is 24.5. The Balaban J connectivity index is 1.41. The first-order valence-corrected chi connectivity index (χ1v) is 12.1. The second kappa shape index (κ2) is 9.62. The van der Waals surface area contributed by atoms with Crippen LogP contribution in [0.3, 0.4) is 0 Å². The molecule has 4 aromatic rings. The molecule has 2 heterocycles. The van der Waals surface area contributed by atoms with Crippen LogP contribution in [-0.2, 0) is 11.3 Å². The number of hydrogen-bond acceptors (Lipinski definition) is 4. The molecule has 1 fully saturated rings. The minimum atomic E-state index is -0.0554. The van der Waals surface area contributed by atoms with E-state index in [1.807, 2.05) is 24.3 Å². The van der Waals surface area contributed by atoms with Crippen LogP contribution in [0.25, 0.3) is 11.0 Å². The first-order chi connectivity index (χ1) is 16.9. The number of carbonyl (C=O) groups is 1. The molecule has 0 N–H and O–H groups in total. The standard InChI is InChI=1S/C28H28ClN3O3/c1-18-8-10-22(14-19(18)2)35-13-12-31-24-7-5-4-6-23(24)30-28(31)20-15-27(33)32(17-20)25-16-21(29)9-11-26(25)34-3/h4-11,14,16,20H,12-13,15,17H2,1-3H3/t20-/m1/s1. The Morgan fingerprint density at radius 1 is 1.06 bits per heavy atom. The topological polar surface area (TPSA) is 56.6 Å². The number of benzene rings is 3.